The van der Waals surface area contributed by atoms with Gasteiger partial charge in [-0.3, -0.25) is 4.79 Å². The highest BCUT2D eigenvalue weighted by Crippen LogP contribution is 2.18. The molecule has 90 valence electrons. The van der Waals surface area contributed by atoms with Gasteiger partial charge in [-0.1, -0.05) is 6.92 Å². The van der Waals surface area contributed by atoms with Gasteiger partial charge < -0.3 is 15.6 Å². The minimum atomic E-state index is -0.359. The first-order valence-electron chi connectivity index (χ1n) is 5.64. The number of carbonyl (C=O) groups excluding carboxylic acids is 1. The maximum atomic E-state index is 11.0. The van der Waals surface area contributed by atoms with E-state index in [2.05, 4.69) is 17.2 Å². The Kier molecular flexibility index (Phi) is 3.39. The Balaban J connectivity index is 2.42. The van der Waals surface area contributed by atoms with Crippen LogP contribution in [0.1, 0.15) is 12.5 Å². The summed E-state index contributed by atoms with van der Waals surface area (Å²) < 4.78 is 1.80. The van der Waals surface area contributed by atoms with E-state index in [1.807, 2.05) is 18.3 Å². The second-order valence-corrected chi connectivity index (χ2v) is 3.90. The Morgan fingerprint density at radius 2 is 2.41 bits per heavy atom. The molecule has 0 radical (unpaired) electrons. The molecule has 2 rings (SSSR count). The van der Waals surface area contributed by atoms with Gasteiger partial charge in [-0.25, -0.2) is 4.98 Å². The van der Waals surface area contributed by atoms with Gasteiger partial charge >= 0.3 is 0 Å². The third kappa shape index (κ3) is 2.45. The fourth-order valence-corrected chi connectivity index (χ4v) is 1.88. The summed E-state index contributed by atoms with van der Waals surface area (Å²) in [5.74, 6) is -0.359. The first-order chi connectivity index (χ1) is 8.22. The van der Waals surface area contributed by atoms with Crippen LogP contribution in [0.3, 0.4) is 0 Å². The van der Waals surface area contributed by atoms with Gasteiger partial charge in [0.05, 0.1) is 0 Å². The summed E-state index contributed by atoms with van der Waals surface area (Å²) in [7, 11) is 0. The van der Waals surface area contributed by atoms with Gasteiger partial charge in [0, 0.05) is 24.3 Å². The molecule has 3 N–H and O–H groups in total. The Labute approximate surface area is 99.6 Å². The summed E-state index contributed by atoms with van der Waals surface area (Å²) in [6.45, 7) is 3.90. The number of fused-ring (bicyclic) bond motifs is 1. The van der Waals surface area contributed by atoms with Gasteiger partial charge in [-0.05, 0) is 24.2 Å². The highest BCUT2D eigenvalue weighted by molar-refractivity contribution is 5.82. The summed E-state index contributed by atoms with van der Waals surface area (Å²) >= 11 is 0. The van der Waals surface area contributed by atoms with Crippen molar-refractivity contribution in [1.82, 2.24) is 14.9 Å². The van der Waals surface area contributed by atoms with Crippen LogP contribution in [0, 0.1) is 0 Å². The van der Waals surface area contributed by atoms with Crippen LogP contribution in [0.25, 0.3) is 11.0 Å². The standard InChI is InChI=1S/C12H16N4O/c1-2-14-6-9-7-16(8-11(13)17)12-10(9)4-3-5-15-12/h3-5,7,14H,2,6,8H2,1H3,(H2,13,17). The van der Waals surface area contributed by atoms with E-state index in [4.69, 9.17) is 5.73 Å². The fraction of sp³-hybridized carbons (Fsp3) is 0.333. The Bertz CT molecular complexity index is 532. The van der Waals surface area contributed by atoms with Crippen LogP contribution in [0.2, 0.25) is 0 Å². The fourth-order valence-electron chi connectivity index (χ4n) is 1.88. The van der Waals surface area contributed by atoms with Gasteiger partial charge in [-0.2, -0.15) is 0 Å². The maximum Gasteiger partial charge on any atom is 0.237 e. The molecule has 2 heterocycles. The summed E-state index contributed by atoms with van der Waals surface area (Å²) in [5, 5.41) is 4.33. The molecule has 5 heteroatoms. The van der Waals surface area contributed by atoms with Crippen LogP contribution in [-0.2, 0) is 17.9 Å². The van der Waals surface area contributed by atoms with E-state index in [-0.39, 0.29) is 12.5 Å². The van der Waals surface area contributed by atoms with Crippen molar-refractivity contribution in [2.24, 2.45) is 5.73 Å². The molecule has 0 atom stereocenters. The van der Waals surface area contributed by atoms with Crippen molar-refractivity contribution in [3.8, 4) is 0 Å². The lowest BCUT2D eigenvalue weighted by atomic mass is 10.2. The number of hydrogen-bond donors (Lipinski definition) is 2. The number of aromatic nitrogens is 2. The molecule has 5 nitrogen and oxygen atoms in total. The number of amides is 1. The Hall–Kier alpha value is -1.88. The number of pyridine rings is 1. The van der Waals surface area contributed by atoms with Gasteiger partial charge in [0.1, 0.15) is 12.2 Å². The Morgan fingerprint density at radius 3 is 3.12 bits per heavy atom. The molecule has 2 aromatic rings. The molecule has 17 heavy (non-hydrogen) atoms. The maximum absolute atomic E-state index is 11.0. The minimum Gasteiger partial charge on any atom is -0.368 e. The number of carbonyl (C=O) groups is 1. The van der Waals surface area contributed by atoms with Crippen LogP contribution < -0.4 is 11.1 Å². The molecule has 0 unspecified atom stereocenters. The predicted molar refractivity (Wildman–Crippen MR) is 66.3 cm³/mol. The summed E-state index contributed by atoms with van der Waals surface area (Å²) in [6.07, 6.45) is 3.65. The second-order valence-electron chi connectivity index (χ2n) is 3.90. The lowest BCUT2D eigenvalue weighted by Gasteiger charge is -1.99. The largest absolute Gasteiger partial charge is 0.368 e. The van der Waals surface area contributed by atoms with Crippen molar-refractivity contribution in [1.29, 1.82) is 0 Å². The predicted octanol–water partition coefficient (Wildman–Crippen LogP) is 0.631. The van der Waals surface area contributed by atoms with Crippen LogP contribution in [0.4, 0.5) is 0 Å². The molecule has 0 bridgehead atoms. The number of primary amides is 1. The van der Waals surface area contributed by atoms with E-state index >= 15 is 0 Å². The molecule has 2 aromatic heterocycles. The number of hydrogen-bond acceptors (Lipinski definition) is 3. The van der Waals surface area contributed by atoms with E-state index in [1.54, 1.807) is 10.8 Å². The molecule has 0 aliphatic rings. The monoisotopic (exact) mass is 232 g/mol. The molecular formula is C12H16N4O. The lowest BCUT2D eigenvalue weighted by molar-refractivity contribution is -0.118. The van der Waals surface area contributed by atoms with Crippen molar-refractivity contribution in [2.45, 2.75) is 20.0 Å². The van der Waals surface area contributed by atoms with E-state index < -0.39 is 0 Å². The van der Waals surface area contributed by atoms with Crippen LogP contribution >= 0.6 is 0 Å². The number of nitrogens with two attached hydrogens (primary N) is 1. The highest BCUT2D eigenvalue weighted by atomic mass is 16.1. The average molecular weight is 232 g/mol. The third-order valence-corrected chi connectivity index (χ3v) is 2.61. The van der Waals surface area contributed by atoms with E-state index in [1.165, 1.54) is 0 Å². The zero-order valence-electron chi connectivity index (χ0n) is 9.81. The van der Waals surface area contributed by atoms with Gasteiger partial charge in [0.15, 0.2) is 0 Å². The molecule has 0 fully saturated rings. The van der Waals surface area contributed by atoms with Crippen molar-refractivity contribution in [3.63, 3.8) is 0 Å². The number of nitrogens with one attached hydrogen (secondary N) is 1. The lowest BCUT2D eigenvalue weighted by Crippen LogP contribution is -2.18. The molecule has 0 aromatic carbocycles. The van der Waals surface area contributed by atoms with Gasteiger partial charge in [-0.15, -0.1) is 0 Å². The molecule has 0 saturated carbocycles. The second kappa shape index (κ2) is 4.97. The molecule has 0 saturated heterocycles. The highest BCUT2D eigenvalue weighted by Gasteiger charge is 2.09. The van der Waals surface area contributed by atoms with Gasteiger partial charge in [0.2, 0.25) is 5.91 Å². The van der Waals surface area contributed by atoms with Crippen LogP contribution in [0.5, 0.6) is 0 Å². The van der Waals surface area contributed by atoms with E-state index in [9.17, 15) is 4.79 Å². The summed E-state index contributed by atoms with van der Waals surface area (Å²) in [5.41, 5.74) is 7.16. The molecule has 1 amide bonds. The quantitative estimate of drug-likeness (QED) is 0.794. The van der Waals surface area contributed by atoms with Crippen molar-refractivity contribution in [2.75, 3.05) is 6.54 Å². The zero-order chi connectivity index (χ0) is 12.3. The third-order valence-electron chi connectivity index (χ3n) is 2.61. The smallest absolute Gasteiger partial charge is 0.237 e. The zero-order valence-corrected chi connectivity index (χ0v) is 9.81. The van der Waals surface area contributed by atoms with Crippen LogP contribution in [0.15, 0.2) is 24.5 Å². The molecule has 0 aliphatic heterocycles. The summed E-state index contributed by atoms with van der Waals surface area (Å²) in [6, 6.07) is 3.90. The first-order valence-corrected chi connectivity index (χ1v) is 5.64. The normalized spacial score (nSPS) is 10.9. The molecular weight excluding hydrogens is 216 g/mol. The van der Waals surface area contributed by atoms with Crippen molar-refractivity contribution < 1.29 is 4.79 Å². The Morgan fingerprint density at radius 1 is 1.59 bits per heavy atom. The van der Waals surface area contributed by atoms with Gasteiger partial charge in [0.25, 0.3) is 0 Å². The molecule has 0 aliphatic carbocycles. The van der Waals surface area contributed by atoms with Crippen molar-refractivity contribution >= 4 is 16.9 Å². The first kappa shape index (κ1) is 11.6. The van der Waals surface area contributed by atoms with Crippen molar-refractivity contribution in [3.05, 3.63) is 30.1 Å². The minimum absolute atomic E-state index is 0.166. The SMILES string of the molecule is CCNCc1cn(CC(N)=O)c2ncccc12. The van der Waals surface area contributed by atoms with E-state index in [0.29, 0.717) is 0 Å². The van der Waals surface area contributed by atoms with E-state index in [0.717, 1.165) is 29.7 Å². The summed E-state index contributed by atoms with van der Waals surface area (Å²) in [4.78, 5) is 15.3. The topological polar surface area (TPSA) is 72.9 Å². The van der Waals surface area contributed by atoms with Crippen LogP contribution in [-0.4, -0.2) is 22.0 Å². The average Bonchev–Trinajstić information content (AvgIpc) is 2.65. The molecule has 0 spiro atoms. The number of rotatable bonds is 5. The number of nitrogens with zero attached hydrogens (tertiary/aromatic N) is 2.